The van der Waals surface area contributed by atoms with Crippen LogP contribution in [0.15, 0.2) is 84.9 Å². The molecule has 1 aliphatic rings. The Labute approximate surface area is 265 Å². The van der Waals surface area contributed by atoms with Crippen molar-refractivity contribution >= 4 is 5.78 Å². The molecule has 1 heterocycles. The van der Waals surface area contributed by atoms with Crippen LogP contribution in [0.5, 0.6) is 5.75 Å². The molecule has 0 aliphatic carbocycles. The number of ether oxygens (including phenoxy) is 3. The Balaban J connectivity index is 1.21. The lowest BCUT2D eigenvalue weighted by Crippen LogP contribution is -2.35. The first-order valence-corrected chi connectivity index (χ1v) is 16.9. The van der Waals surface area contributed by atoms with Crippen LogP contribution in [-0.2, 0) is 20.9 Å². The third-order valence-electron chi connectivity index (χ3n) is 8.22. The minimum atomic E-state index is -0.447. The Kier molecular flexibility index (Phi) is 15.1. The van der Waals surface area contributed by atoms with Crippen molar-refractivity contribution in [3.8, 4) is 17.6 Å². The van der Waals surface area contributed by atoms with Crippen LogP contribution in [0.1, 0.15) is 120 Å². The molecule has 0 amide bonds. The van der Waals surface area contributed by atoms with Crippen molar-refractivity contribution < 1.29 is 19.0 Å². The van der Waals surface area contributed by atoms with E-state index in [2.05, 4.69) is 18.8 Å². The van der Waals surface area contributed by atoms with Crippen LogP contribution in [0, 0.1) is 11.8 Å². The summed E-state index contributed by atoms with van der Waals surface area (Å²) in [6.45, 7) is 2.79. The van der Waals surface area contributed by atoms with Gasteiger partial charge < -0.3 is 14.2 Å². The van der Waals surface area contributed by atoms with Crippen LogP contribution in [0.3, 0.4) is 0 Å². The molecule has 3 aromatic carbocycles. The number of Topliss-reactive ketones (excluding diaryl/α,β-unsaturated/α-hetero) is 1. The maximum absolute atomic E-state index is 12.9. The zero-order valence-corrected chi connectivity index (χ0v) is 26.6. The maximum atomic E-state index is 12.9. The van der Waals surface area contributed by atoms with Gasteiger partial charge in [0, 0.05) is 24.0 Å². The minimum Gasteiger partial charge on any atom is -0.489 e. The first-order chi connectivity index (χ1) is 21.7. The zero-order chi connectivity index (χ0) is 30.7. The number of carbonyl (C=O) groups excluding carboxylic acids is 1. The molecular formula is C40H50O4. The molecule has 3 atom stereocenters. The van der Waals surface area contributed by atoms with Gasteiger partial charge in [-0.25, -0.2) is 0 Å². The van der Waals surface area contributed by atoms with Crippen molar-refractivity contribution in [2.75, 3.05) is 0 Å². The van der Waals surface area contributed by atoms with Gasteiger partial charge in [0.1, 0.15) is 12.4 Å². The second-order valence-electron chi connectivity index (χ2n) is 12.0. The molecule has 44 heavy (non-hydrogen) atoms. The fourth-order valence-electron chi connectivity index (χ4n) is 5.68. The molecular weight excluding hydrogens is 544 g/mol. The number of carbonyl (C=O) groups is 1. The van der Waals surface area contributed by atoms with Crippen molar-refractivity contribution in [2.24, 2.45) is 0 Å². The van der Waals surface area contributed by atoms with Crippen molar-refractivity contribution in [1.29, 1.82) is 0 Å². The van der Waals surface area contributed by atoms with Gasteiger partial charge in [-0.05, 0) is 42.2 Å². The molecule has 4 nitrogen and oxygen atoms in total. The second kappa shape index (κ2) is 19.8. The van der Waals surface area contributed by atoms with E-state index in [0.29, 0.717) is 6.61 Å². The highest BCUT2D eigenvalue weighted by Crippen LogP contribution is 2.33. The number of rotatable bonds is 18. The molecule has 0 saturated carbocycles. The van der Waals surface area contributed by atoms with Crippen molar-refractivity contribution in [3.63, 3.8) is 0 Å². The van der Waals surface area contributed by atoms with Gasteiger partial charge in [0.15, 0.2) is 6.29 Å². The van der Waals surface area contributed by atoms with E-state index in [1.165, 1.54) is 64.2 Å². The molecule has 1 fully saturated rings. The predicted octanol–water partition coefficient (Wildman–Crippen LogP) is 10.2. The lowest BCUT2D eigenvalue weighted by Gasteiger charge is -2.35. The fourth-order valence-corrected chi connectivity index (χ4v) is 5.68. The number of ketones is 1. The number of hydrogen-bond acceptors (Lipinski definition) is 4. The summed E-state index contributed by atoms with van der Waals surface area (Å²) < 4.78 is 18.5. The van der Waals surface area contributed by atoms with E-state index in [0.717, 1.165) is 41.7 Å². The SMILES string of the molecule is CCCCCCCCCCCCC[C@@H]1C[C@H](CC(=O)C#Cc2ccc(OCc3ccccc3)cc2)O[C@H](c2ccccc2)O1. The normalized spacial score (nSPS) is 17.9. The summed E-state index contributed by atoms with van der Waals surface area (Å²) in [4.78, 5) is 12.9. The highest BCUT2D eigenvalue weighted by atomic mass is 16.7. The third-order valence-corrected chi connectivity index (χ3v) is 8.22. The molecule has 1 saturated heterocycles. The summed E-state index contributed by atoms with van der Waals surface area (Å²) in [6, 6.07) is 27.7. The van der Waals surface area contributed by atoms with Crippen LogP contribution in [0.25, 0.3) is 0 Å². The monoisotopic (exact) mass is 594 g/mol. The highest BCUT2D eigenvalue weighted by molar-refractivity contribution is 5.96. The average Bonchev–Trinajstić information content (AvgIpc) is 3.06. The van der Waals surface area contributed by atoms with Gasteiger partial charge in [0.05, 0.1) is 12.2 Å². The lowest BCUT2D eigenvalue weighted by molar-refractivity contribution is -0.248. The summed E-state index contributed by atoms with van der Waals surface area (Å²) in [5.41, 5.74) is 2.90. The molecule has 0 unspecified atom stereocenters. The summed E-state index contributed by atoms with van der Waals surface area (Å²) >= 11 is 0. The second-order valence-corrected chi connectivity index (χ2v) is 12.0. The van der Waals surface area contributed by atoms with Gasteiger partial charge in [0.25, 0.3) is 0 Å². The largest absolute Gasteiger partial charge is 0.489 e. The highest BCUT2D eigenvalue weighted by Gasteiger charge is 2.31. The molecule has 234 valence electrons. The number of hydrogen-bond donors (Lipinski definition) is 0. The first-order valence-electron chi connectivity index (χ1n) is 16.9. The topological polar surface area (TPSA) is 44.8 Å². The Morgan fingerprint density at radius 1 is 0.727 bits per heavy atom. The fraction of sp³-hybridized carbons (Fsp3) is 0.475. The quantitative estimate of drug-likeness (QED) is 0.109. The van der Waals surface area contributed by atoms with Crippen molar-refractivity contribution in [2.45, 2.75) is 122 Å². The standard InChI is InChI=1S/C40H50O4/c1-2-3-4-5-6-7-8-9-10-11-18-23-38-31-39(44-40(43-38)35-21-16-13-17-22-35)30-36(41)27-24-33-25-28-37(29-26-33)42-32-34-19-14-12-15-20-34/h12-17,19-22,25-26,28-29,38-40H,2-11,18,23,30-32H2,1H3/t38-,39+,40-/m1/s1. The summed E-state index contributed by atoms with van der Waals surface area (Å²) in [5.74, 6) is 6.52. The number of benzene rings is 3. The van der Waals surface area contributed by atoms with Gasteiger partial charge >= 0.3 is 0 Å². The average molecular weight is 595 g/mol. The molecule has 0 bridgehead atoms. The lowest BCUT2D eigenvalue weighted by atomic mass is 9.98. The Hall–Kier alpha value is -3.39. The zero-order valence-electron chi connectivity index (χ0n) is 26.6. The molecule has 1 aliphatic heterocycles. The summed E-state index contributed by atoms with van der Waals surface area (Å²) in [6.07, 6.45) is 16.0. The van der Waals surface area contributed by atoms with E-state index in [4.69, 9.17) is 14.2 Å². The van der Waals surface area contributed by atoms with Gasteiger partial charge in [-0.1, -0.05) is 144 Å². The van der Waals surface area contributed by atoms with Crippen LogP contribution in [0.4, 0.5) is 0 Å². The molecule has 0 radical (unpaired) electrons. The van der Waals surface area contributed by atoms with Crippen molar-refractivity contribution in [3.05, 3.63) is 102 Å². The van der Waals surface area contributed by atoms with E-state index in [1.54, 1.807) is 0 Å². The molecule has 0 N–H and O–H groups in total. The summed E-state index contributed by atoms with van der Waals surface area (Å²) in [5, 5.41) is 0. The number of unbranched alkanes of at least 4 members (excludes halogenated alkanes) is 10. The van der Waals surface area contributed by atoms with Crippen LogP contribution in [-0.4, -0.2) is 18.0 Å². The Morgan fingerprint density at radius 3 is 1.98 bits per heavy atom. The van der Waals surface area contributed by atoms with E-state index < -0.39 is 6.29 Å². The smallest absolute Gasteiger partial charge is 0.208 e. The van der Waals surface area contributed by atoms with Gasteiger partial charge in [0.2, 0.25) is 5.78 Å². The van der Waals surface area contributed by atoms with Gasteiger partial charge in [-0.15, -0.1) is 0 Å². The van der Waals surface area contributed by atoms with E-state index >= 15 is 0 Å². The Morgan fingerprint density at radius 2 is 1.32 bits per heavy atom. The minimum absolute atomic E-state index is 0.0849. The van der Waals surface area contributed by atoms with Gasteiger partial charge in [-0.2, -0.15) is 0 Å². The Bertz CT molecular complexity index is 1260. The van der Waals surface area contributed by atoms with Crippen LogP contribution >= 0.6 is 0 Å². The first kappa shape index (κ1) is 33.5. The molecule has 3 aromatic rings. The van der Waals surface area contributed by atoms with Gasteiger partial charge in [-0.3, -0.25) is 4.79 Å². The molecule has 4 heteroatoms. The molecule has 0 spiro atoms. The third kappa shape index (κ3) is 12.7. The van der Waals surface area contributed by atoms with E-state index in [-0.39, 0.29) is 24.4 Å². The van der Waals surface area contributed by atoms with Crippen molar-refractivity contribution in [1.82, 2.24) is 0 Å². The van der Waals surface area contributed by atoms with Crippen LogP contribution in [0.2, 0.25) is 0 Å². The predicted molar refractivity (Wildman–Crippen MR) is 178 cm³/mol. The summed E-state index contributed by atoms with van der Waals surface area (Å²) in [7, 11) is 0. The molecule has 4 rings (SSSR count). The van der Waals surface area contributed by atoms with E-state index in [9.17, 15) is 4.79 Å². The maximum Gasteiger partial charge on any atom is 0.208 e. The van der Waals surface area contributed by atoms with Crippen LogP contribution < -0.4 is 4.74 Å². The molecule has 0 aromatic heterocycles. The van der Waals surface area contributed by atoms with E-state index in [1.807, 2.05) is 84.9 Å².